The molecule has 0 amide bonds. The van der Waals surface area contributed by atoms with Crippen molar-refractivity contribution < 1.29 is 18.3 Å². The van der Waals surface area contributed by atoms with E-state index < -0.39 is 17.7 Å². The van der Waals surface area contributed by atoms with E-state index in [1.165, 1.54) is 12.1 Å². The van der Waals surface area contributed by atoms with E-state index in [1.54, 1.807) is 31.5 Å². The van der Waals surface area contributed by atoms with E-state index in [0.29, 0.717) is 49.4 Å². The molecule has 2 fully saturated rings. The summed E-state index contributed by atoms with van der Waals surface area (Å²) in [6.45, 7) is 23.4. The molecule has 264 valence electrons. The van der Waals surface area contributed by atoms with Crippen LogP contribution in [-0.2, 0) is 4.74 Å². The molecule has 50 heavy (non-hydrogen) atoms. The molecule has 8 nitrogen and oxygen atoms in total. The molecule has 3 unspecified atom stereocenters. The Balaban J connectivity index is 1.61. The van der Waals surface area contributed by atoms with Crippen LogP contribution in [-0.4, -0.2) is 71.5 Å². The number of hydrogen-bond donors (Lipinski definition) is 0. The number of benzene rings is 1. The normalized spacial score (nSPS) is 21.1. The topological polar surface area (TPSA) is 66.3 Å². The summed E-state index contributed by atoms with van der Waals surface area (Å²) in [5, 5.41) is 0. The lowest BCUT2D eigenvalue weighted by atomic mass is 9.92. The van der Waals surface area contributed by atoms with Gasteiger partial charge in [-0.25, -0.2) is 13.8 Å². The molecular weight excluding hydrogens is 634 g/mol. The van der Waals surface area contributed by atoms with E-state index in [-0.39, 0.29) is 41.5 Å². The Morgan fingerprint density at radius 2 is 1.92 bits per heavy atom. The van der Waals surface area contributed by atoms with Crippen molar-refractivity contribution in [3.63, 3.8) is 0 Å². The number of aromatic nitrogens is 2. The molecule has 0 N–H and O–H groups in total. The molecule has 2 bridgehead atoms. The second-order valence-corrected chi connectivity index (χ2v) is 13.9. The number of rotatable bonds is 8. The number of fused-ring (bicyclic) bond motifs is 5. The maximum atomic E-state index is 16.6. The third-order valence-corrected chi connectivity index (χ3v) is 9.88. The fourth-order valence-corrected chi connectivity index (χ4v) is 7.00. The molecule has 1 saturated carbocycles. The third-order valence-electron chi connectivity index (χ3n) is 9.88. The Kier molecular flexibility index (Phi) is 10.4. The summed E-state index contributed by atoms with van der Waals surface area (Å²) in [6.07, 6.45) is 7.14. The Morgan fingerprint density at radius 3 is 2.58 bits per heavy atom. The van der Waals surface area contributed by atoms with Gasteiger partial charge < -0.3 is 19.3 Å². The largest absolute Gasteiger partial charge is 0.492 e. The van der Waals surface area contributed by atoms with Gasteiger partial charge in [0.2, 0.25) is 0 Å². The van der Waals surface area contributed by atoms with E-state index in [2.05, 4.69) is 57.2 Å². The van der Waals surface area contributed by atoms with Crippen molar-refractivity contribution in [3.8, 4) is 17.0 Å². The standard InChI is InChI=1S/C40H48F2N6O2/c1-9-26(6)46-18-19-48(27(7)21-46)39(43-8)30-20-32(42)36-34-31(41)12-11-13-33(34)49-22-25(5)38(50-23-28-14-15-28)29-16-17-44-35(24(3)4)37(29)47(10-2)40(30)45-36/h9-13,16-17,20,24-25,27-28,38H,1-2,6,14-15,18-19,21-23H2,3-5,7-8H3/b43-39+. The van der Waals surface area contributed by atoms with Gasteiger partial charge in [-0.3, -0.25) is 14.9 Å². The van der Waals surface area contributed by atoms with Crippen molar-refractivity contribution in [2.45, 2.75) is 58.6 Å². The highest BCUT2D eigenvalue weighted by Gasteiger charge is 2.36. The number of ether oxygens (including phenoxy) is 2. The van der Waals surface area contributed by atoms with Crippen molar-refractivity contribution in [2.24, 2.45) is 16.8 Å². The molecule has 2 aromatic heterocycles. The minimum absolute atomic E-state index is 0.00264. The Labute approximate surface area is 294 Å². The second-order valence-electron chi connectivity index (χ2n) is 13.9. The molecule has 3 atom stereocenters. The van der Waals surface area contributed by atoms with E-state index in [1.807, 2.05) is 17.2 Å². The fraction of sp³-hybridized carbons (Fsp3) is 0.425. The highest BCUT2D eigenvalue weighted by Crippen LogP contribution is 2.45. The number of allylic oxidation sites excluding steroid dienone is 1. The zero-order valence-corrected chi connectivity index (χ0v) is 29.8. The molecule has 0 spiro atoms. The number of aliphatic imine (C=N–C) groups is 1. The van der Waals surface area contributed by atoms with Gasteiger partial charge in [0.15, 0.2) is 5.82 Å². The van der Waals surface area contributed by atoms with Crippen LogP contribution in [0, 0.1) is 23.5 Å². The zero-order chi connectivity index (χ0) is 35.7. The van der Waals surface area contributed by atoms with Gasteiger partial charge in [-0.1, -0.05) is 46.6 Å². The molecule has 4 heterocycles. The minimum Gasteiger partial charge on any atom is -0.492 e. The molecule has 1 aromatic carbocycles. The number of anilines is 2. The van der Waals surface area contributed by atoms with Gasteiger partial charge in [-0.15, -0.1) is 0 Å². The number of nitrogens with zero attached hydrogens (tertiary/aromatic N) is 6. The molecule has 2 aliphatic heterocycles. The Bertz CT molecular complexity index is 1800. The first kappa shape index (κ1) is 35.3. The van der Waals surface area contributed by atoms with Gasteiger partial charge in [0.1, 0.15) is 28.9 Å². The summed E-state index contributed by atoms with van der Waals surface area (Å²) < 4.78 is 45.5. The third kappa shape index (κ3) is 6.77. The maximum Gasteiger partial charge on any atom is 0.150 e. The van der Waals surface area contributed by atoms with Gasteiger partial charge in [0.05, 0.1) is 41.8 Å². The average molecular weight is 683 g/mol. The lowest BCUT2D eigenvalue weighted by molar-refractivity contribution is -0.00349. The number of amidine groups is 1. The van der Waals surface area contributed by atoms with Crippen LogP contribution in [0.25, 0.3) is 11.3 Å². The second kappa shape index (κ2) is 14.7. The van der Waals surface area contributed by atoms with E-state index >= 15 is 8.78 Å². The summed E-state index contributed by atoms with van der Waals surface area (Å²) in [5.74, 6) is 0.152. The van der Waals surface area contributed by atoms with Crippen molar-refractivity contribution in [1.82, 2.24) is 19.8 Å². The lowest BCUT2D eigenvalue weighted by Crippen LogP contribution is -2.53. The van der Waals surface area contributed by atoms with Crippen molar-refractivity contribution in [2.75, 3.05) is 44.8 Å². The summed E-state index contributed by atoms with van der Waals surface area (Å²) in [4.78, 5) is 20.8. The highest BCUT2D eigenvalue weighted by molar-refractivity contribution is 6.04. The maximum absolute atomic E-state index is 16.6. The number of pyridine rings is 2. The van der Waals surface area contributed by atoms with Gasteiger partial charge in [-0.2, -0.15) is 0 Å². The lowest BCUT2D eigenvalue weighted by Gasteiger charge is -2.43. The molecule has 3 aromatic rings. The van der Waals surface area contributed by atoms with Crippen molar-refractivity contribution in [1.29, 1.82) is 0 Å². The van der Waals surface area contributed by atoms with Crippen molar-refractivity contribution in [3.05, 3.63) is 103 Å². The van der Waals surface area contributed by atoms with Crippen LogP contribution in [0.15, 0.2) is 79.2 Å². The van der Waals surface area contributed by atoms with Gasteiger partial charge >= 0.3 is 0 Å². The first-order chi connectivity index (χ1) is 24.1. The van der Waals surface area contributed by atoms with Crippen LogP contribution in [0.1, 0.15) is 69.4 Å². The van der Waals surface area contributed by atoms with Crippen LogP contribution in [0.3, 0.4) is 0 Å². The minimum atomic E-state index is -0.693. The molecule has 1 aliphatic carbocycles. The molecular formula is C40H48F2N6O2. The molecule has 10 heteroatoms. The highest BCUT2D eigenvalue weighted by atomic mass is 19.1. The summed E-state index contributed by atoms with van der Waals surface area (Å²) in [7, 11) is 1.70. The predicted octanol–water partition coefficient (Wildman–Crippen LogP) is 8.41. The summed E-state index contributed by atoms with van der Waals surface area (Å²) in [5.41, 5.74) is 3.55. The zero-order valence-electron chi connectivity index (χ0n) is 29.8. The van der Waals surface area contributed by atoms with E-state index in [9.17, 15) is 0 Å². The van der Waals surface area contributed by atoms with E-state index in [4.69, 9.17) is 24.4 Å². The van der Waals surface area contributed by atoms with Crippen LogP contribution < -0.4 is 9.64 Å². The molecule has 1 saturated heterocycles. The van der Waals surface area contributed by atoms with Gasteiger partial charge in [-0.05, 0) is 61.9 Å². The van der Waals surface area contributed by atoms with Gasteiger partial charge in [0.25, 0.3) is 0 Å². The number of hydrogen-bond acceptors (Lipinski definition) is 7. The average Bonchev–Trinajstić information content (AvgIpc) is 3.94. The Hall–Kier alpha value is -4.57. The molecule has 0 radical (unpaired) electrons. The SMILES string of the molecule is C=CC(=C)N1CCN(/C(=N/C)c2cc(F)c3nc2N(C=C)c2c(ccnc2C(C)C)C(OCC2CC2)C(C)COc2cccc(F)c2-3)C(C)C1. The number of halogens is 2. The fourth-order valence-electron chi connectivity index (χ4n) is 7.00. The Morgan fingerprint density at radius 1 is 1.14 bits per heavy atom. The number of piperazine rings is 1. The van der Waals surface area contributed by atoms with Crippen LogP contribution in [0.4, 0.5) is 20.3 Å². The first-order valence-corrected chi connectivity index (χ1v) is 17.5. The molecule has 6 rings (SSSR count). The van der Waals surface area contributed by atoms with Crippen LogP contribution >= 0.6 is 0 Å². The van der Waals surface area contributed by atoms with Crippen molar-refractivity contribution >= 4 is 17.3 Å². The summed E-state index contributed by atoms with van der Waals surface area (Å²) in [6, 6.07) is 7.90. The van der Waals surface area contributed by atoms with Crippen LogP contribution in [0.5, 0.6) is 5.75 Å². The van der Waals surface area contributed by atoms with Crippen LogP contribution in [0.2, 0.25) is 0 Å². The van der Waals surface area contributed by atoms with E-state index in [0.717, 1.165) is 35.5 Å². The monoisotopic (exact) mass is 682 g/mol. The smallest absolute Gasteiger partial charge is 0.150 e. The quantitative estimate of drug-likeness (QED) is 0.134. The summed E-state index contributed by atoms with van der Waals surface area (Å²) >= 11 is 0. The predicted molar refractivity (Wildman–Crippen MR) is 196 cm³/mol. The van der Waals surface area contributed by atoms with Gasteiger partial charge in [0, 0.05) is 62.3 Å². The first-order valence-electron chi connectivity index (χ1n) is 17.5. The molecule has 3 aliphatic rings.